The van der Waals surface area contributed by atoms with Crippen molar-refractivity contribution in [2.75, 3.05) is 0 Å². The van der Waals surface area contributed by atoms with Gasteiger partial charge in [-0.1, -0.05) is 0 Å². The van der Waals surface area contributed by atoms with Crippen LogP contribution in [-0.2, 0) is 13.1 Å². The number of nitrogens with zero attached hydrogens (tertiary/aromatic N) is 1. The summed E-state index contributed by atoms with van der Waals surface area (Å²) in [5, 5.41) is 3.15. The van der Waals surface area contributed by atoms with Gasteiger partial charge in [-0.05, 0) is 41.8 Å². The Morgan fingerprint density at radius 1 is 1.11 bits per heavy atom. The first-order chi connectivity index (χ1) is 8.65. The maximum atomic E-state index is 13.0. The maximum Gasteiger partial charge on any atom is 0.126 e. The van der Waals surface area contributed by atoms with Crippen molar-refractivity contribution in [3.8, 4) is 0 Å². The van der Waals surface area contributed by atoms with E-state index in [2.05, 4.69) is 10.3 Å². The SMILES string of the molecule is Cc1cnccc1CNCc1cc(F)cc(F)c1. The number of nitrogens with one attached hydrogen (secondary N) is 1. The molecule has 0 atom stereocenters. The highest BCUT2D eigenvalue weighted by molar-refractivity contribution is 5.22. The smallest absolute Gasteiger partial charge is 0.126 e. The first-order valence-electron chi connectivity index (χ1n) is 5.70. The number of benzene rings is 1. The first kappa shape index (κ1) is 12.6. The number of pyridine rings is 1. The van der Waals surface area contributed by atoms with Crippen molar-refractivity contribution >= 4 is 0 Å². The highest BCUT2D eigenvalue weighted by Gasteiger charge is 2.01. The molecule has 0 aliphatic heterocycles. The van der Waals surface area contributed by atoms with Crippen molar-refractivity contribution in [3.05, 3.63) is 65.0 Å². The zero-order valence-electron chi connectivity index (χ0n) is 10.1. The summed E-state index contributed by atoms with van der Waals surface area (Å²) in [7, 11) is 0. The van der Waals surface area contributed by atoms with Gasteiger partial charge in [0.15, 0.2) is 0 Å². The standard InChI is InChI=1S/C14H14F2N2/c1-10-7-17-3-2-12(10)9-18-8-11-4-13(15)6-14(16)5-11/h2-7,18H,8-9H2,1H3. The van der Waals surface area contributed by atoms with Gasteiger partial charge in [-0.15, -0.1) is 0 Å². The Labute approximate surface area is 105 Å². The third kappa shape index (κ3) is 3.34. The molecule has 0 radical (unpaired) electrons. The minimum atomic E-state index is -0.549. The lowest BCUT2D eigenvalue weighted by atomic mass is 10.1. The predicted molar refractivity (Wildman–Crippen MR) is 65.9 cm³/mol. The molecular formula is C14H14F2N2. The summed E-state index contributed by atoms with van der Waals surface area (Å²) >= 11 is 0. The molecule has 18 heavy (non-hydrogen) atoms. The molecule has 2 rings (SSSR count). The third-order valence-electron chi connectivity index (χ3n) is 2.70. The van der Waals surface area contributed by atoms with Gasteiger partial charge in [0, 0.05) is 31.5 Å². The van der Waals surface area contributed by atoms with Crippen molar-refractivity contribution in [1.82, 2.24) is 10.3 Å². The van der Waals surface area contributed by atoms with E-state index in [4.69, 9.17) is 0 Å². The molecule has 1 aromatic heterocycles. The Hall–Kier alpha value is -1.81. The highest BCUT2D eigenvalue weighted by Crippen LogP contribution is 2.09. The van der Waals surface area contributed by atoms with Crippen LogP contribution in [-0.4, -0.2) is 4.98 Å². The van der Waals surface area contributed by atoms with E-state index in [1.165, 1.54) is 12.1 Å². The largest absolute Gasteiger partial charge is 0.309 e. The van der Waals surface area contributed by atoms with Gasteiger partial charge < -0.3 is 5.32 Å². The summed E-state index contributed by atoms with van der Waals surface area (Å²) in [6.07, 6.45) is 3.52. The third-order valence-corrected chi connectivity index (χ3v) is 2.70. The zero-order chi connectivity index (χ0) is 13.0. The summed E-state index contributed by atoms with van der Waals surface area (Å²) in [4.78, 5) is 4.01. The van der Waals surface area contributed by atoms with Crippen molar-refractivity contribution in [2.45, 2.75) is 20.0 Å². The Kier molecular flexibility index (Phi) is 3.99. The number of hydrogen-bond acceptors (Lipinski definition) is 2. The second-order valence-corrected chi connectivity index (χ2v) is 4.18. The van der Waals surface area contributed by atoms with Gasteiger partial charge in [0.05, 0.1) is 0 Å². The van der Waals surface area contributed by atoms with Crippen LogP contribution in [0, 0.1) is 18.6 Å². The van der Waals surface area contributed by atoms with Crippen LogP contribution in [0.3, 0.4) is 0 Å². The fourth-order valence-electron chi connectivity index (χ4n) is 1.76. The highest BCUT2D eigenvalue weighted by atomic mass is 19.1. The Morgan fingerprint density at radius 2 is 1.83 bits per heavy atom. The van der Waals surface area contributed by atoms with E-state index >= 15 is 0 Å². The Bertz CT molecular complexity index is 521. The molecule has 2 aromatic rings. The van der Waals surface area contributed by atoms with Gasteiger partial charge in [0.1, 0.15) is 11.6 Å². The summed E-state index contributed by atoms with van der Waals surface area (Å²) in [6.45, 7) is 3.05. The molecule has 0 spiro atoms. The van der Waals surface area contributed by atoms with Gasteiger partial charge in [-0.25, -0.2) is 8.78 Å². The summed E-state index contributed by atoms with van der Waals surface area (Å²) in [5.41, 5.74) is 2.82. The normalized spacial score (nSPS) is 10.6. The maximum absolute atomic E-state index is 13.0. The van der Waals surface area contributed by atoms with Gasteiger partial charge in [-0.3, -0.25) is 4.98 Å². The molecule has 0 fully saturated rings. The molecule has 94 valence electrons. The molecule has 0 bridgehead atoms. The molecule has 0 amide bonds. The Morgan fingerprint density at radius 3 is 2.50 bits per heavy atom. The van der Waals surface area contributed by atoms with Crippen LogP contribution >= 0.6 is 0 Å². The van der Waals surface area contributed by atoms with Crippen molar-refractivity contribution in [2.24, 2.45) is 0 Å². The van der Waals surface area contributed by atoms with E-state index in [0.717, 1.165) is 17.2 Å². The number of aryl methyl sites for hydroxylation is 1. The predicted octanol–water partition coefficient (Wildman–Crippen LogP) is 2.96. The molecule has 0 saturated heterocycles. The fourth-order valence-corrected chi connectivity index (χ4v) is 1.76. The van der Waals surface area contributed by atoms with Crippen LogP contribution in [0.4, 0.5) is 8.78 Å². The van der Waals surface area contributed by atoms with Crippen LogP contribution in [0.15, 0.2) is 36.7 Å². The van der Waals surface area contributed by atoms with E-state index in [1.807, 2.05) is 13.0 Å². The number of hydrogen-bond donors (Lipinski definition) is 1. The molecule has 1 N–H and O–H groups in total. The summed E-state index contributed by atoms with van der Waals surface area (Å²) in [5.74, 6) is -1.10. The molecule has 0 saturated carbocycles. The van der Waals surface area contributed by atoms with E-state index < -0.39 is 11.6 Å². The molecule has 0 unspecified atom stereocenters. The molecule has 0 aliphatic carbocycles. The van der Waals surface area contributed by atoms with Gasteiger partial charge in [0.25, 0.3) is 0 Å². The number of halogens is 2. The molecule has 0 aliphatic rings. The topological polar surface area (TPSA) is 24.9 Å². The van der Waals surface area contributed by atoms with Gasteiger partial charge >= 0.3 is 0 Å². The second-order valence-electron chi connectivity index (χ2n) is 4.18. The van der Waals surface area contributed by atoms with Crippen LogP contribution in [0.2, 0.25) is 0 Å². The fraction of sp³-hybridized carbons (Fsp3) is 0.214. The summed E-state index contributed by atoms with van der Waals surface area (Å²) in [6, 6.07) is 5.45. The Balaban J connectivity index is 1.94. The van der Waals surface area contributed by atoms with Crippen LogP contribution in [0.5, 0.6) is 0 Å². The van der Waals surface area contributed by atoms with Gasteiger partial charge in [-0.2, -0.15) is 0 Å². The molecule has 1 aromatic carbocycles. The lowest BCUT2D eigenvalue weighted by Crippen LogP contribution is -2.13. The monoisotopic (exact) mass is 248 g/mol. The molecule has 2 nitrogen and oxygen atoms in total. The first-order valence-corrected chi connectivity index (χ1v) is 5.70. The van der Waals surface area contributed by atoms with E-state index in [0.29, 0.717) is 18.7 Å². The number of aromatic nitrogens is 1. The minimum absolute atomic E-state index is 0.427. The van der Waals surface area contributed by atoms with Crippen molar-refractivity contribution in [3.63, 3.8) is 0 Å². The lowest BCUT2D eigenvalue weighted by molar-refractivity contribution is 0.575. The van der Waals surface area contributed by atoms with E-state index in [1.54, 1.807) is 12.4 Å². The minimum Gasteiger partial charge on any atom is -0.309 e. The molecule has 4 heteroatoms. The van der Waals surface area contributed by atoms with Crippen LogP contribution in [0.25, 0.3) is 0 Å². The molecular weight excluding hydrogens is 234 g/mol. The quantitative estimate of drug-likeness (QED) is 0.899. The molecule has 1 heterocycles. The van der Waals surface area contributed by atoms with Crippen molar-refractivity contribution < 1.29 is 8.78 Å². The average molecular weight is 248 g/mol. The summed E-state index contributed by atoms with van der Waals surface area (Å²) < 4.78 is 25.9. The zero-order valence-corrected chi connectivity index (χ0v) is 10.1. The second kappa shape index (κ2) is 5.69. The van der Waals surface area contributed by atoms with E-state index in [9.17, 15) is 8.78 Å². The van der Waals surface area contributed by atoms with Crippen molar-refractivity contribution in [1.29, 1.82) is 0 Å². The van der Waals surface area contributed by atoms with E-state index in [-0.39, 0.29) is 0 Å². The lowest BCUT2D eigenvalue weighted by Gasteiger charge is -2.07. The van der Waals surface area contributed by atoms with Crippen LogP contribution < -0.4 is 5.32 Å². The van der Waals surface area contributed by atoms with Crippen LogP contribution in [0.1, 0.15) is 16.7 Å². The average Bonchev–Trinajstić information content (AvgIpc) is 2.30. The number of rotatable bonds is 4. The van der Waals surface area contributed by atoms with Gasteiger partial charge in [0.2, 0.25) is 0 Å².